The molecule has 2 amide bonds. The lowest BCUT2D eigenvalue weighted by molar-refractivity contribution is 0.171. The minimum absolute atomic E-state index is 0.386. The highest BCUT2D eigenvalue weighted by Crippen LogP contribution is 2.34. The molecule has 3 rings (SSSR count). The van der Waals surface area contributed by atoms with Crippen LogP contribution in [0.2, 0.25) is 0 Å². The van der Waals surface area contributed by atoms with Crippen molar-refractivity contribution < 1.29 is 14.3 Å². The summed E-state index contributed by atoms with van der Waals surface area (Å²) in [5.41, 5.74) is 1.14. The van der Waals surface area contributed by atoms with Crippen molar-refractivity contribution in [1.29, 1.82) is 5.26 Å². The number of ether oxygens (including phenoxy) is 2. The Kier molecular flexibility index (Phi) is 4.48. The summed E-state index contributed by atoms with van der Waals surface area (Å²) in [6.45, 7) is 4.84. The Balaban J connectivity index is 1.74. The number of urea groups is 1. The van der Waals surface area contributed by atoms with Crippen molar-refractivity contribution in [3.8, 4) is 17.6 Å². The van der Waals surface area contributed by atoms with Gasteiger partial charge in [0.15, 0.2) is 11.5 Å². The van der Waals surface area contributed by atoms with Gasteiger partial charge in [-0.1, -0.05) is 18.2 Å². The van der Waals surface area contributed by atoms with E-state index in [4.69, 9.17) is 14.7 Å². The van der Waals surface area contributed by atoms with Crippen LogP contribution in [-0.4, -0.2) is 19.2 Å². The van der Waals surface area contributed by atoms with Crippen LogP contribution in [0.15, 0.2) is 42.5 Å². The normalized spacial score (nSPS) is 12.8. The van der Waals surface area contributed by atoms with Gasteiger partial charge in [0.2, 0.25) is 0 Å². The third kappa shape index (κ3) is 3.66. The predicted molar refractivity (Wildman–Crippen MR) is 93.8 cm³/mol. The molecule has 0 bridgehead atoms. The van der Waals surface area contributed by atoms with E-state index in [0.717, 1.165) is 5.56 Å². The molecular formula is C19H19N3O3. The Labute approximate surface area is 146 Å². The highest BCUT2D eigenvalue weighted by molar-refractivity contribution is 5.91. The van der Waals surface area contributed by atoms with E-state index < -0.39 is 5.54 Å². The summed E-state index contributed by atoms with van der Waals surface area (Å²) < 4.78 is 11.1. The highest BCUT2D eigenvalue weighted by Gasteiger charge is 2.25. The number of hydrogen-bond acceptors (Lipinski definition) is 4. The quantitative estimate of drug-likeness (QED) is 0.899. The number of hydrogen-bond donors (Lipinski definition) is 2. The maximum absolute atomic E-state index is 12.4. The van der Waals surface area contributed by atoms with Crippen LogP contribution in [0.3, 0.4) is 0 Å². The number of fused-ring (bicyclic) bond motifs is 1. The Morgan fingerprint density at radius 1 is 1.12 bits per heavy atom. The lowest BCUT2D eigenvalue weighted by Gasteiger charge is -2.28. The summed E-state index contributed by atoms with van der Waals surface area (Å²) >= 11 is 0. The molecule has 6 nitrogen and oxygen atoms in total. The maximum Gasteiger partial charge on any atom is 0.319 e. The molecule has 0 aliphatic carbocycles. The Hall–Kier alpha value is -3.20. The minimum Gasteiger partial charge on any atom is -0.486 e. The number of benzene rings is 2. The SMILES string of the molecule is CC(C)(NC(=O)Nc1ccccc1C#N)c1ccc2c(c1)OCCO2. The monoisotopic (exact) mass is 337 g/mol. The van der Waals surface area contributed by atoms with E-state index in [1.165, 1.54) is 0 Å². The third-order valence-corrected chi connectivity index (χ3v) is 3.99. The number of nitrogens with one attached hydrogen (secondary N) is 2. The number of amides is 2. The van der Waals surface area contributed by atoms with E-state index in [-0.39, 0.29) is 6.03 Å². The summed E-state index contributed by atoms with van der Waals surface area (Å²) in [7, 11) is 0. The summed E-state index contributed by atoms with van der Waals surface area (Å²) in [4.78, 5) is 12.4. The molecule has 0 atom stereocenters. The zero-order chi connectivity index (χ0) is 17.9. The fourth-order valence-electron chi connectivity index (χ4n) is 2.63. The molecule has 0 saturated carbocycles. The van der Waals surface area contributed by atoms with Crippen LogP contribution in [0.25, 0.3) is 0 Å². The third-order valence-electron chi connectivity index (χ3n) is 3.99. The average Bonchev–Trinajstić information content (AvgIpc) is 2.61. The summed E-state index contributed by atoms with van der Waals surface area (Å²) in [5.74, 6) is 1.38. The molecule has 1 aliphatic heterocycles. The molecule has 0 saturated heterocycles. The van der Waals surface area contributed by atoms with Gasteiger partial charge in [-0.15, -0.1) is 0 Å². The van der Waals surface area contributed by atoms with Crippen molar-refractivity contribution in [2.45, 2.75) is 19.4 Å². The zero-order valence-corrected chi connectivity index (χ0v) is 14.1. The van der Waals surface area contributed by atoms with E-state index in [1.807, 2.05) is 32.0 Å². The molecule has 0 aromatic heterocycles. The number of rotatable bonds is 3. The molecule has 2 aromatic carbocycles. The van der Waals surface area contributed by atoms with E-state index in [2.05, 4.69) is 16.7 Å². The number of nitrogens with zero attached hydrogens (tertiary/aromatic N) is 1. The van der Waals surface area contributed by atoms with Crippen molar-refractivity contribution >= 4 is 11.7 Å². The molecule has 2 aromatic rings. The first kappa shape index (κ1) is 16.7. The molecule has 25 heavy (non-hydrogen) atoms. The van der Waals surface area contributed by atoms with Crippen molar-refractivity contribution in [3.63, 3.8) is 0 Å². The summed E-state index contributed by atoms with van der Waals surface area (Å²) in [6, 6.07) is 14.1. The number of carbonyl (C=O) groups excluding carboxylic acids is 1. The van der Waals surface area contributed by atoms with Crippen LogP contribution < -0.4 is 20.1 Å². The maximum atomic E-state index is 12.4. The Bertz CT molecular complexity index is 840. The highest BCUT2D eigenvalue weighted by atomic mass is 16.6. The first-order chi connectivity index (χ1) is 12.0. The molecular weight excluding hydrogens is 318 g/mol. The van der Waals surface area contributed by atoms with Crippen LogP contribution in [0.4, 0.5) is 10.5 Å². The van der Waals surface area contributed by atoms with Gasteiger partial charge in [-0.3, -0.25) is 0 Å². The molecule has 6 heteroatoms. The van der Waals surface area contributed by atoms with Crippen LogP contribution in [0.1, 0.15) is 25.0 Å². The lowest BCUT2D eigenvalue weighted by Crippen LogP contribution is -2.43. The second kappa shape index (κ2) is 6.73. The number of anilines is 1. The summed E-state index contributed by atoms with van der Waals surface area (Å²) in [6.07, 6.45) is 0. The molecule has 0 spiro atoms. The van der Waals surface area contributed by atoms with Gasteiger partial charge in [0.1, 0.15) is 19.3 Å². The zero-order valence-electron chi connectivity index (χ0n) is 14.1. The van der Waals surface area contributed by atoms with Gasteiger partial charge >= 0.3 is 6.03 Å². The smallest absolute Gasteiger partial charge is 0.319 e. The molecule has 128 valence electrons. The fourth-order valence-corrected chi connectivity index (χ4v) is 2.63. The predicted octanol–water partition coefficient (Wildman–Crippen LogP) is 3.39. The van der Waals surface area contributed by atoms with Crippen molar-refractivity contribution in [1.82, 2.24) is 5.32 Å². The molecule has 2 N–H and O–H groups in total. The Morgan fingerprint density at radius 2 is 1.84 bits per heavy atom. The number of para-hydroxylation sites is 1. The Morgan fingerprint density at radius 3 is 2.60 bits per heavy atom. The first-order valence-electron chi connectivity index (χ1n) is 7.98. The average molecular weight is 337 g/mol. The van der Waals surface area contributed by atoms with Crippen LogP contribution in [-0.2, 0) is 5.54 Å². The minimum atomic E-state index is -0.637. The first-order valence-corrected chi connectivity index (χ1v) is 7.98. The van der Waals surface area contributed by atoms with Crippen LogP contribution in [0.5, 0.6) is 11.5 Å². The van der Waals surface area contributed by atoms with Gasteiger partial charge in [-0.2, -0.15) is 5.26 Å². The van der Waals surface area contributed by atoms with Crippen LogP contribution >= 0.6 is 0 Å². The molecule has 1 aliphatic rings. The molecule has 0 radical (unpaired) electrons. The van der Waals surface area contributed by atoms with Gasteiger partial charge in [-0.25, -0.2) is 4.79 Å². The second-order valence-electron chi connectivity index (χ2n) is 6.22. The number of nitriles is 1. The van der Waals surface area contributed by atoms with Gasteiger partial charge in [-0.05, 0) is 43.7 Å². The van der Waals surface area contributed by atoms with Crippen molar-refractivity contribution in [2.75, 3.05) is 18.5 Å². The van der Waals surface area contributed by atoms with E-state index >= 15 is 0 Å². The van der Waals surface area contributed by atoms with Crippen molar-refractivity contribution in [2.24, 2.45) is 0 Å². The van der Waals surface area contributed by atoms with Crippen LogP contribution in [0, 0.1) is 11.3 Å². The van der Waals surface area contributed by atoms with E-state index in [0.29, 0.717) is 36.0 Å². The van der Waals surface area contributed by atoms with Crippen molar-refractivity contribution in [3.05, 3.63) is 53.6 Å². The van der Waals surface area contributed by atoms with Gasteiger partial charge < -0.3 is 20.1 Å². The van der Waals surface area contributed by atoms with Gasteiger partial charge in [0, 0.05) is 0 Å². The molecule has 0 fully saturated rings. The van der Waals surface area contributed by atoms with Gasteiger partial charge in [0.25, 0.3) is 0 Å². The van der Waals surface area contributed by atoms with E-state index in [1.54, 1.807) is 24.3 Å². The topological polar surface area (TPSA) is 83.4 Å². The summed E-state index contributed by atoms with van der Waals surface area (Å²) in [5, 5.41) is 14.8. The molecule has 1 heterocycles. The molecule has 0 unspecified atom stereocenters. The van der Waals surface area contributed by atoms with E-state index in [9.17, 15) is 4.79 Å². The number of carbonyl (C=O) groups is 1. The standard InChI is InChI=1S/C19H19N3O3/c1-19(2,14-7-8-16-17(11-14)25-10-9-24-16)22-18(23)21-15-6-4-3-5-13(15)12-20/h3-8,11H,9-10H2,1-2H3,(H2,21,22,23). The second-order valence-corrected chi connectivity index (χ2v) is 6.22. The van der Waals surface area contributed by atoms with Gasteiger partial charge in [0.05, 0.1) is 16.8 Å². The lowest BCUT2D eigenvalue weighted by atomic mass is 9.94. The largest absolute Gasteiger partial charge is 0.486 e. The fraction of sp³-hybridized carbons (Fsp3) is 0.263.